The summed E-state index contributed by atoms with van der Waals surface area (Å²) in [4.78, 5) is 3.55. The van der Waals surface area contributed by atoms with Crippen LogP contribution in [-0.2, 0) is 14.3 Å². The highest BCUT2D eigenvalue weighted by Crippen LogP contribution is 2.31. The molecule has 0 saturated heterocycles. The highest BCUT2D eigenvalue weighted by molar-refractivity contribution is 14.1. The Labute approximate surface area is 138 Å². The van der Waals surface area contributed by atoms with E-state index in [1.54, 1.807) is 42.5 Å². The summed E-state index contributed by atoms with van der Waals surface area (Å²) in [6.45, 7) is 9.21. The van der Waals surface area contributed by atoms with Gasteiger partial charge in [0.2, 0.25) is 0 Å². The minimum atomic E-state index is -3.70. The summed E-state index contributed by atoms with van der Waals surface area (Å²) < 4.78 is 26.1. The number of sulfone groups is 1. The number of halogens is 1. The van der Waals surface area contributed by atoms with Gasteiger partial charge in [-0.15, -0.1) is 0 Å². The number of benzene rings is 2. The molecular weight excluding hydrogens is 397 g/mol. The molecular formula is C16H14INO2S. The van der Waals surface area contributed by atoms with E-state index in [0.717, 1.165) is 15.6 Å². The Hall–Kier alpha value is -1.39. The van der Waals surface area contributed by atoms with Crippen LogP contribution in [0.15, 0.2) is 53.4 Å². The summed E-state index contributed by atoms with van der Waals surface area (Å²) >= 11 is 2.21. The van der Waals surface area contributed by atoms with Gasteiger partial charge in [0.05, 0.1) is 10.5 Å². The van der Waals surface area contributed by atoms with Crippen molar-refractivity contribution in [2.45, 2.75) is 21.6 Å². The van der Waals surface area contributed by atoms with Crippen LogP contribution in [0.25, 0.3) is 4.85 Å². The first-order chi connectivity index (χ1) is 9.98. The summed E-state index contributed by atoms with van der Waals surface area (Å²) in [6, 6.07) is 13.8. The molecule has 0 heterocycles. The summed E-state index contributed by atoms with van der Waals surface area (Å²) in [5.41, 5.74) is 2.53. The number of aryl methyl sites for hydroxylation is 1. The van der Waals surface area contributed by atoms with Crippen LogP contribution in [0.4, 0.5) is 0 Å². The maximum Gasteiger partial charge on any atom is 0.350 e. The van der Waals surface area contributed by atoms with Crippen LogP contribution in [0, 0.1) is 13.5 Å². The fourth-order valence-electron chi connectivity index (χ4n) is 2.01. The SMILES string of the molecule is [C-]#[N+][C@@H](c1cccc(CI)c1)S(=O)(=O)c1ccc(C)cc1. The summed E-state index contributed by atoms with van der Waals surface area (Å²) in [5.74, 6) is 0. The van der Waals surface area contributed by atoms with Gasteiger partial charge in [-0.1, -0.05) is 58.5 Å². The Morgan fingerprint density at radius 3 is 2.43 bits per heavy atom. The van der Waals surface area contributed by atoms with Crippen LogP contribution in [0.3, 0.4) is 0 Å². The van der Waals surface area contributed by atoms with Crippen molar-refractivity contribution >= 4 is 32.4 Å². The van der Waals surface area contributed by atoms with E-state index in [2.05, 4.69) is 27.4 Å². The highest BCUT2D eigenvalue weighted by atomic mass is 127. The first-order valence-electron chi connectivity index (χ1n) is 6.31. The lowest BCUT2D eigenvalue weighted by Gasteiger charge is -2.09. The topological polar surface area (TPSA) is 38.5 Å². The van der Waals surface area contributed by atoms with Crippen LogP contribution in [0.1, 0.15) is 22.1 Å². The molecule has 2 aromatic rings. The van der Waals surface area contributed by atoms with Gasteiger partial charge in [0.15, 0.2) is 0 Å². The molecule has 0 bridgehead atoms. The van der Waals surface area contributed by atoms with Gasteiger partial charge in [-0.25, -0.2) is 15.0 Å². The molecule has 108 valence electrons. The van der Waals surface area contributed by atoms with E-state index in [1.165, 1.54) is 0 Å². The lowest BCUT2D eigenvalue weighted by Crippen LogP contribution is -2.11. The highest BCUT2D eigenvalue weighted by Gasteiger charge is 2.34. The zero-order valence-corrected chi connectivity index (χ0v) is 14.4. The number of hydrogen-bond donors (Lipinski definition) is 0. The Morgan fingerprint density at radius 2 is 1.86 bits per heavy atom. The molecule has 0 amide bonds. The smallest absolute Gasteiger partial charge is 0.291 e. The molecule has 0 unspecified atom stereocenters. The normalized spacial score (nSPS) is 12.6. The Bertz CT molecular complexity index is 777. The number of hydrogen-bond acceptors (Lipinski definition) is 2. The summed E-state index contributed by atoms with van der Waals surface area (Å²) in [5, 5.41) is -1.19. The number of nitrogens with zero attached hydrogens (tertiary/aromatic N) is 1. The third kappa shape index (κ3) is 3.44. The third-order valence-electron chi connectivity index (χ3n) is 3.15. The van der Waals surface area contributed by atoms with Gasteiger partial charge in [-0.3, -0.25) is 4.85 Å². The predicted octanol–water partition coefficient (Wildman–Crippen LogP) is 4.32. The second-order valence-electron chi connectivity index (χ2n) is 4.72. The van der Waals surface area contributed by atoms with Crippen molar-refractivity contribution in [2.75, 3.05) is 0 Å². The average molecular weight is 411 g/mol. The third-order valence-corrected chi connectivity index (χ3v) is 5.93. The van der Waals surface area contributed by atoms with E-state index in [1.807, 2.05) is 13.0 Å². The fourth-order valence-corrected chi connectivity index (χ4v) is 3.90. The van der Waals surface area contributed by atoms with Crippen molar-refractivity contribution in [3.05, 3.63) is 76.6 Å². The molecule has 21 heavy (non-hydrogen) atoms. The number of rotatable bonds is 4. The average Bonchev–Trinajstić information content (AvgIpc) is 2.48. The van der Waals surface area contributed by atoms with Crippen LogP contribution in [-0.4, -0.2) is 8.42 Å². The minimum Gasteiger partial charge on any atom is -0.291 e. The van der Waals surface area contributed by atoms with Crippen molar-refractivity contribution < 1.29 is 8.42 Å². The van der Waals surface area contributed by atoms with Gasteiger partial charge in [0.1, 0.15) is 0 Å². The zero-order chi connectivity index (χ0) is 15.5. The van der Waals surface area contributed by atoms with Crippen LogP contribution in [0.2, 0.25) is 0 Å². The molecule has 3 nitrogen and oxygen atoms in total. The molecule has 0 aliphatic carbocycles. The van der Waals surface area contributed by atoms with Crippen molar-refractivity contribution in [3.8, 4) is 0 Å². The largest absolute Gasteiger partial charge is 0.350 e. The van der Waals surface area contributed by atoms with Crippen LogP contribution >= 0.6 is 22.6 Å². The molecule has 2 rings (SSSR count). The molecule has 0 N–H and O–H groups in total. The molecule has 0 spiro atoms. The molecule has 0 saturated carbocycles. The van der Waals surface area contributed by atoms with E-state index in [-0.39, 0.29) is 4.90 Å². The van der Waals surface area contributed by atoms with E-state index in [9.17, 15) is 8.42 Å². The molecule has 0 aromatic heterocycles. The standard InChI is InChI=1S/C16H14INO2S/c1-12-6-8-15(9-7-12)21(19,20)16(18-2)14-5-3-4-13(10-14)11-17/h3-10,16H,11H2,1H3/t16-/m1/s1. The van der Waals surface area contributed by atoms with Crippen LogP contribution in [0.5, 0.6) is 0 Å². The molecule has 0 radical (unpaired) electrons. The van der Waals surface area contributed by atoms with Crippen molar-refractivity contribution in [1.82, 2.24) is 0 Å². The minimum absolute atomic E-state index is 0.189. The van der Waals surface area contributed by atoms with Gasteiger partial charge in [-0.05, 0) is 30.7 Å². The maximum atomic E-state index is 12.7. The van der Waals surface area contributed by atoms with Gasteiger partial charge in [0.25, 0.3) is 9.84 Å². The summed E-state index contributed by atoms with van der Waals surface area (Å²) in [6.07, 6.45) is 0. The predicted molar refractivity (Wildman–Crippen MR) is 91.9 cm³/mol. The van der Waals surface area contributed by atoms with Crippen molar-refractivity contribution in [3.63, 3.8) is 0 Å². The fraction of sp³-hybridized carbons (Fsp3) is 0.188. The van der Waals surface area contributed by atoms with E-state index in [4.69, 9.17) is 6.57 Å². The lowest BCUT2D eigenvalue weighted by atomic mass is 10.1. The lowest BCUT2D eigenvalue weighted by molar-refractivity contribution is 0.590. The van der Waals surface area contributed by atoms with Gasteiger partial charge >= 0.3 is 5.37 Å². The van der Waals surface area contributed by atoms with Crippen molar-refractivity contribution in [1.29, 1.82) is 0 Å². The first kappa shape index (κ1) is 16.0. The quantitative estimate of drug-likeness (QED) is 0.427. The van der Waals surface area contributed by atoms with E-state index in [0.29, 0.717) is 5.56 Å². The van der Waals surface area contributed by atoms with Gasteiger partial charge < -0.3 is 0 Å². The first-order valence-corrected chi connectivity index (χ1v) is 9.38. The van der Waals surface area contributed by atoms with Crippen molar-refractivity contribution in [2.24, 2.45) is 0 Å². The Morgan fingerprint density at radius 1 is 1.19 bits per heavy atom. The van der Waals surface area contributed by atoms with Gasteiger partial charge in [-0.2, -0.15) is 0 Å². The van der Waals surface area contributed by atoms with Gasteiger partial charge in [0, 0.05) is 4.43 Å². The molecule has 2 aromatic carbocycles. The Balaban J connectivity index is 2.49. The second kappa shape index (κ2) is 6.58. The maximum absolute atomic E-state index is 12.7. The zero-order valence-electron chi connectivity index (χ0n) is 11.5. The Kier molecular flexibility index (Phi) is 5.01. The molecule has 1 atom stereocenters. The van der Waals surface area contributed by atoms with E-state index >= 15 is 0 Å². The summed E-state index contributed by atoms with van der Waals surface area (Å²) in [7, 11) is -3.70. The number of alkyl halides is 1. The monoisotopic (exact) mass is 411 g/mol. The molecule has 0 aliphatic heterocycles. The van der Waals surface area contributed by atoms with E-state index < -0.39 is 15.2 Å². The second-order valence-corrected chi connectivity index (χ2v) is 7.49. The molecule has 0 aliphatic rings. The molecule has 5 heteroatoms. The van der Waals surface area contributed by atoms with Crippen LogP contribution < -0.4 is 0 Å². The molecule has 0 fully saturated rings.